The number of aromatic nitrogens is 2. The number of piperidine rings is 1. The standard InChI is InChI=1S/C19H28N4O3S/c1-16-6-7-17(23-11-5-10-20-23)14-18(16)27(24,25)22-12-8-19(26-4,9-13-22)15-21(2)3/h5-7,10-11,14H,8-9,12-13,15H2,1-4H3. The van der Waals surface area contributed by atoms with E-state index in [0.29, 0.717) is 30.8 Å². The summed E-state index contributed by atoms with van der Waals surface area (Å²) in [5, 5.41) is 4.20. The molecule has 0 bridgehead atoms. The first-order valence-corrected chi connectivity index (χ1v) is 10.5. The van der Waals surface area contributed by atoms with Crippen LogP contribution in [0.1, 0.15) is 18.4 Å². The van der Waals surface area contributed by atoms with Crippen molar-refractivity contribution >= 4 is 10.0 Å². The molecular weight excluding hydrogens is 364 g/mol. The largest absolute Gasteiger partial charge is 0.377 e. The number of methoxy groups -OCH3 is 1. The molecule has 1 aliphatic heterocycles. The van der Waals surface area contributed by atoms with E-state index in [9.17, 15) is 8.42 Å². The number of sulfonamides is 1. The van der Waals surface area contributed by atoms with E-state index in [1.807, 2.05) is 39.2 Å². The van der Waals surface area contributed by atoms with Gasteiger partial charge in [0.1, 0.15) is 0 Å². The molecule has 0 atom stereocenters. The molecule has 1 aromatic carbocycles. The molecule has 3 rings (SSSR count). The molecule has 27 heavy (non-hydrogen) atoms. The van der Waals surface area contributed by atoms with Crippen LogP contribution in [0.5, 0.6) is 0 Å². The number of rotatable bonds is 6. The smallest absolute Gasteiger partial charge is 0.243 e. The highest BCUT2D eigenvalue weighted by molar-refractivity contribution is 7.89. The molecule has 7 nitrogen and oxygen atoms in total. The molecule has 1 aliphatic rings. The lowest BCUT2D eigenvalue weighted by Gasteiger charge is -2.41. The zero-order valence-electron chi connectivity index (χ0n) is 16.4. The van der Waals surface area contributed by atoms with Crippen LogP contribution in [0.3, 0.4) is 0 Å². The average Bonchev–Trinajstić information content (AvgIpc) is 3.16. The van der Waals surface area contributed by atoms with Crippen LogP contribution in [-0.2, 0) is 14.8 Å². The van der Waals surface area contributed by atoms with E-state index in [0.717, 1.165) is 17.8 Å². The van der Waals surface area contributed by atoms with Gasteiger partial charge in [-0.05, 0) is 57.6 Å². The van der Waals surface area contributed by atoms with Crippen LogP contribution in [-0.4, -0.2) is 73.8 Å². The molecule has 2 heterocycles. The summed E-state index contributed by atoms with van der Waals surface area (Å²) in [6, 6.07) is 7.23. The third-order valence-electron chi connectivity index (χ3n) is 5.23. The van der Waals surface area contributed by atoms with Crippen molar-refractivity contribution < 1.29 is 13.2 Å². The molecular formula is C19H28N4O3S. The van der Waals surface area contributed by atoms with Gasteiger partial charge >= 0.3 is 0 Å². The van der Waals surface area contributed by atoms with E-state index in [1.165, 1.54) is 0 Å². The van der Waals surface area contributed by atoms with Gasteiger partial charge in [0.05, 0.1) is 16.2 Å². The molecule has 0 N–H and O–H groups in total. The summed E-state index contributed by atoms with van der Waals surface area (Å²) in [6.45, 7) is 3.52. The van der Waals surface area contributed by atoms with Gasteiger partial charge in [-0.3, -0.25) is 0 Å². The zero-order chi connectivity index (χ0) is 19.7. The Kier molecular flexibility index (Phi) is 5.71. The van der Waals surface area contributed by atoms with Gasteiger partial charge in [-0.1, -0.05) is 6.07 Å². The third kappa shape index (κ3) is 4.08. The van der Waals surface area contributed by atoms with Crippen LogP contribution in [0.4, 0.5) is 0 Å². The molecule has 0 radical (unpaired) electrons. The van der Waals surface area contributed by atoms with E-state index >= 15 is 0 Å². The molecule has 0 spiro atoms. The van der Waals surface area contributed by atoms with Crippen LogP contribution in [0.25, 0.3) is 5.69 Å². The van der Waals surface area contributed by atoms with Crippen molar-refractivity contribution in [2.45, 2.75) is 30.3 Å². The van der Waals surface area contributed by atoms with E-state index in [-0.39, 0.29) is 5.60 Å². The van der Waals surface area contributed by atoms with Gasteiger partial charge < -0.3 is 9.64 Å². The van der Waals surface area contributed by atoms with Gasteiger partial charge in [0, 0.05) is 39.1 Å². The average molecular weight is 393 g/mol. The molecule has 0 unspecified atom stereocenters. The maximum absolute atomic E-state index is 13.3. The second-order valence-corrected chi connectivity index (χ2v) is 9.34. The number of likely N-dealkylation sites (N-methyl/N-ethyl adjacent to an activating group) is 1. The molecule has 0 aliphatic carbocycles. The molecule has 8 heteroatoms. The zero-order valence-corrected chi connectivity index (χ0v) is 17.2. The van der Waals surface area contributed by atoms with Crippen molar-refractivity contribution in [3.63, 3.8) is 0 Å². The number of ether oxygens (including phenoxy) is 1. The Hall–Kier alpha value is -1.74. The van der Waals surface area contributed by atoms with Gasteiger partial charge in [-0.15, -0.1) is 0 Å². The topological polar surface area (TPSA) is 67.7 Å². The van der Waals surface area contributed by atoms with Crippen molar-refractivity contribution in [3.05, 3.63) is 42.2 Å². The number of nitrogens with zero attached hydrogens (tertiary/aromatic N) is 4. The van der Waals surface area contributed by atoms with Gasteiger partial charge in [-0.25, -0.2) is 13.1 Å². The maximum Gasteiger partial charge on any atom is 0.243 e. The summed E-state index contributed by atoms with van der Waals surface area (Å²) >= 11 is 0. The van der Waals surface area contributed by atoms with Gasteiger partial charge in [0.25, 0.3) is 0 Å². The second-order valence-electron chi connectivity index (χ2n) is 7.43. The summed E-state index contributed by atoms with van der Waals surface area (Å²) in [5.41, 5.74) is 1.18. The van der Waals surface area contributed by atoms with E-state index in [1.54, 1.807) is 34.6 Å². The normalized spacial score (nSPS) is 18.1. The lowest BCUT2D eigenvalue weighted by molar-refractivity contribution is -0.0597. The molecule has 1 saturated heterocycles. The maximum atomic E-state index is 13.3. The van der Waals surface area contributed by atoms with Gasteiger partial charge in [-0.2, -0.15) is 9.40 Å². The Morgan fingerprint density at radius 3 is 2.52 bits per heavy atom. The summed E-state index contributed by atoms with van der Waals surface area (Å²) in [4.78, 5) is 2.43. The Morgan fingerprint density at radius 1 is 1.26 bits per heavy atom. The summed E-state index contributed by atoms with van der Waals surface area (Å²) in [7, 11) is 2.16. The van der Waals surface area contributed by atoms with E-state index in [2.05, 4.69) is 10.00 Å². The monoisotopic (exact) mass is 392 g/mol. The number of hydrogen-bond acceptors (Lipinski definition) is 5. The summed E-state index contributed by atoms with van der Waals surface area (Å²) in [5.74, 6) is 0. The van der Waals surface area contributed by atoms with Crippen LogP contribution in [0, 0.1) is 6.92 Å². The lowest BCUT2D eigenvalue weighted by Crippen LogP contribution is -2.52. The molecule has 2 aromatic rings. The summed E-state index contributed by atoms with van der Waals surface area (Å²) < 4.78 is 35.6. The van der Waals surface area contributed by atoms with Gasteiger partial charge in [0.2, 0.25) is 10.0 Å². The predicted molar refractivity (Wildman–Crippen MR) is 105 cm³/mol. The third-order valence-corrected chi connectivity index (χ3v) is 7.27. The van der Waals surface area contributed by atoms with Crippen molar-refractivity contribution in [2.24, 2.45) is 0 Å². The van der Waals surface area contributed by atoms with Gasteiger partial charge in [0.15, 0.2) is 0 Å². The predicted octanol–water partition coefficient (Wildman–Crippen LogP) is 1.91. The lowest BCUT2D eigenvalue weighted by atomic mass is 9.91. The van der Waals surface area contributed by atoms with Crippen molar-refractivity contribution in [1.29, 1.82) is 0 Å². The fourth-order valence-electron chi connectivity index (χ4n) is 3.71. The summed E-state index contributed by atoms with van der Waals surface area (Å²) in [6.07, 6.45) is 4.83. The van der Waals surface area contributed by atoms with Crippen LogP contribution < -0.4 is 0 Å². The first-order valence-electron chi connectivity index (χ1n) is 9.08. The number of hydrogen-bond donors (Lipinski definition) is 0. The quantitative estimate of drug-likeness (QED) is 0.751. The van der Waals surface area contributed by atoms with E-state index < -0.39 is 10.0 Å². The Labute approximate surface area is 161 Å². The molecule has 1 fully saturated rings. The Balaban J connectivity index is 1.85. The highest BCUT2D eigenvalue weighted by atomic mass is 32.2. The van der Waals surface area contributed by atoms with Crippen molar-refractivity contribution in [3.8, 4) is 5.69 Å². The van der Waals surface area contributed by atoms with Crippen LogP contribution in [0.2, 0.25) is 0 Å². The van der Waals surface area contributed by atoms with Crippen LogP contribution >= 0.6 is 0 Å². The fourth-order valence-corrected chi connectivity index (χ4v) is 5.39. The Bertz CT molecular complexity index is 870. The highest BCUT2D eigenvalue weighted by Gasteiger charge is 2.39. The number of benzene rings is 1. The Morgan fingerprint density at radius 2 is 1.96 bits per heavy atom. The first kappa shape index (κ1) is 20.0. The minimum absolute atomic E-state index is 0.290. The first-order chi connectivity index (χ1) is 12.8. The number of aryl methyl sites for hydroxylation is 1. The highest BCUT2D eigenvalue weighted by Crippen LogP contribution is 2.31. The minimum Gasteiger partial charge on any atom is -0.377 e. The molecule has 0 amide bonds. The minimum atomic E-state index is -3.57. The SMILES string of the molecule is COC1(CN(C)C)CCN(S(=O)(=O)c2cc(-n3cccn3)ccc2C)CC1. The van der Waals surface area contributed by atoms with E-state index in [4.69, 9.17) is 4.74 Å². The van der Waals surface area contributed by atoms with Crippen LogP contribution in [0.15, 0.2) is 41.6 Å². The molecule has 1 aromatic heterocycles. The molecule has 148 valence electrons. The van der Waals surface area contributed by atoms with Crippen molar-refractivity contribution in [1.82, 2.24) is 19.0 Å². The second kappa shape index (κ2) is 7.71. The fraction of sp³-hybridized carbons (Fsp3) is 0.526. The molecule has 0 saturated carbocycles. The van der Waals surface area contributed by atoms with Crippen molar-refractivity contribution in [2.75, 3.05) is 40.8 Å².